The molecule has 0 bridgehead atoms. The summed E-state index contributed by atoms with van der Waals surface area (Å²) < 4.78 is 9.93. The molecular formula is C9H15NO3S. The fourth-order valence-electron chi connectivity index (χ4n) is 0.977. The van der Waals surface area contributed by atoms with E-state index in [2.05, 4.69) is 5.16 Å². The number of methoxy groups -OCH3 is 1. The van der Waals surface area contributed by atoms with Crippen LogP contribution in [0.5, 0.6) is 0 Å². The number of aromatic nitrogens is 1. The largest absolute Gasteiger partial charge is 0.396 e. The molecule has 0 amide bonds. The molecule has 4 nitrogen and oxygen atoms in total. The van der Waals surface area contributed by atoms with Crippen LogP contribution in [0.25, 0.3) is 0 Å². The highest BCUT2D eigenvalue weighted by Crippen LogP contribution is 2.13. The van der Waals surface area contributed by atoms with E-state index in [4.69, 9.17) is 14.4 Å². The fourth-order valence-corrected chi connectivity index (χ4v) is 1.80. The monoisotopic (exact) mass is 217 g/mol. The van der Waals surface area contributed by atoms with Crippen molar-refractivity contribution in [3.63, 3.8) is 0 Å². The van der Waals surface area contributed by atoms with Crippen molar-refractivity contribution in [1.82, 2.24) is 5.16 Å². The number of hydrogen-bond acceptors (Lipinski definition) is 5. The number of aliphatic hydroxyl groups excluding tert-OH is 1. The van der Waals surface area contributed by atoms with Gasteiger partial charge in [0.1, 0.15) is 6.61 Å². The van der Waals surface area contributed by atoms with Crippen molar-refractivity contribution >= 4 is 11.8 Å². The fraction of sp³-hybridized carbons (Fsp3) is 0.667. The van der Waals surface area contributed by atoms with Crippen molar-refractivity contribution in [3.8, 4) is 0 Å². The van der Waals surface area contributed by atoms with Gasteiger partial charge >= 0.3 is 0 Å². The smallest absolute Gasteiger partial charge is 0.162 e. The first kappa shape index (κ1) is 11.6. The first-order chi connectivity index (χ1) is 6.86. The average Bonchev–Trinajstić information content (AvgIpc) is 2.61. The SMILES string of the molecule is COCc1cc(CSCCCO)no1. The summed E-state index contributed by atoms with van der Waals surface area (Å²) in [6, 6.07) is 1.90. The molecule has 0 unspecified atom stereocenters. The average molecular weight is 217 g/mol. The third-order valence-corrected chi connectivity index (χ3v) is 2.67. The van der Waals surface area contributed by atoms with Gasteiger partial charge in [-0.25, -0.2) is 0 Å². The van der Waals surface area contributed by atoms with Gasteiger partial charge in [0.05, 0.1) is 5.69 Å². The normalized spacial score (nSPS) is 10.7. The van der Waals surface area contributed by atoms with Crippen LogP contribution in [0.3, 0.4) is 0 Å². The first-order valence-corrected chi connectivity index (χ1v) is 5.64. The summed E-state index contributed by atoms with van der Waals surface area (Å²) in [5.74, 6) is 2.53. The van der Waals surface area contributed by atoms with E-state index >= 15 is 0 Å². The predicted octanol–water partition coefficient (Wildman–Crippen LogP) is 1.44. The van der Waals surface area contributed by atoms with Crippen LogP contribution in [0.2, 0.25) is 0 Å². The van der Waals surface area contributed by atoms with E-state index in [1.54, 1.807) is 18.9 Å². The lowest BCUT2D eigenvalue weighted by Crippen LogP contribution is -1.87. The second-order valence-electron chi connectivity index (χ2n) is 2.85. The topological polar surface area (TPSA) is 55.5 Å². The molecule has 0 aromatic carbocycles. The van der Waals surface area contributed by atoms with E-state index in [1.165, 1.54) is 0 Å². The maximum atomic E-state index is 8.57. The minimum atomic E-state index is 0.251. The second-order valence-corrected chi connectivity index (χ2v) is 3.95. The zero-order chi connectivity index (χ0) is 10.2. The molecule has 80 valence electrons. The number of thioether (sulfide) groups is 1. The second kappa shape index (κ2) is 6.86. The van der Waals surface area contributed by atoms with E-state index in [0.29, 0.717) is 6.61 Å². The third-order valence-electron chi connectivity index (χ3n) is 1.59. The predicted molar refractivity (Wildman–Crippen MR) is 55.1 cm³/mol. The van der Waals surface area contributed by atoms with Gasteiger partial charge in [0.15, 0.2) is 5.76 Å². The van der Waals surface area contributed by atoms with E-state index < -0.39 is 0 Å². The lowest BCUT2D eigenvalue weighted by atomic mass is 10.4. The number of hydrogen-bond donors (Lipinski definition) is 1. The minimum Gasteiger partial charge on any atom is -0.396 e. The van der Waals surface area contributed by atoms with Gasteiger partial charge in [-0.3, -0.25) is 0 Å². The highest BCUT2D eigenvalue weighted by Gasteiger charge is 2.03. The van der Waals surface area contributed by atoms with Crippen LogP contribution in [0, 0.1) is 0 Å². The molecule has 0 fully saturated rings. The molecule has 0 spiro atoms. The number of nitrogens with zero attached hydrogens (tertiary/aromatic N) is 1. The zero-order valence-electron chi connectivity index (χ0n) is 8.23. The Labute approximate surface area is 87.6 Å². The Kier molecular flexibility index (Phi) is 5.66. The Balaban J connectivity index is 2.22. The molecule has 0 saturated carbocycles. The summed E-state index contributed by atoms with van der Waals surface area (Å²) in [6.07, 6.45) is 0.827. The van der Waals surface area contributed by atoms with Gasteiger partial charge in [-0.05, 0) is 12.2 Å². The molecule has 1 N–H and O–H groups in total. The van der Waals surface area contributed by atoms with E-state index in [1.807, 2.05) is 6.07 Å². The van der Waals surface area contributed by atoms with Gasteiger partial charge in [0.2, 0.25) is 0 Å². The molecule has 14 heavy (non-hydrogen) atoms. The molecule has 1 rings (SSSR count). The standard InChI is InChI=1S/C9H15NO3S/c1-12-6-9-5-8(10-13-9)7-14-4-2-3-11/h5,11H,2-4,6-7H2,1H3. The maximum absolute atomic E-state index is 8.57. The minimum absolute atomic E-state index is 0.251. The molecule has 1 aromatic heterocycles. The Morgan fingerprint density at radius 1 is 1.64 bits per heavy atom. The third kappa shape index (κ3) is 4.13. The van der Waals surface area contributed by atoms with Crippen LogP contribution < -0.4 is 0 Å². The van der Waals surface area contributed by atoms with Crippen LogP contribution in [0.4, 0.5) is 0 Å². The van der Waals surface area contributed by atoms with Crippen LogP contribution in [-0.4, -0.2) is 29.7 Å². The van der Waals surface area contributed by atoms with Gasteiger partial charge in [-0.1, -0.05) is 5.16 Å². The quantitative estimate of drug-likeness (QED) is 0.700. The highest BCUT2D eigenvalue weighted by molar-refractivity contribution is 7.98. The summed E-state index contributed by atoms with van der Waals surface area (Å²) in [5.41, 5.74) is 0.931. The Hall–Kier alpha value is -0.520. The molecule has 1 heterocycles. The number of rotatable bonds is 7. The molecule has 0 radical (unpaired) electrons. The molecule has 0 atom stereocenters. The summed E-state index contributed by atoms with van der Waals surface area (Å²) in [4.78, 5) is 0. The summed E-state index contributed by atoms with van der Waals surface area (Å²) >= 11 is 1.74. The molecular weight excluding hydrogens is 202 g/mol. The Morgan fingerprint density at radius 2 is 2.50 bits per heavy atom. The molecule has 0 aliphatic rings. The highest BCUT2D eigenvalue weighted by atomic mass is 32.2. The van der Waals surface area contributed by atoms with Crippen LogP contribution >= 0.6 is 11.8 Å². The van der Waals surface area contributed by atoms with Crippen molar-refractivity contribution in [3.05, 3.63) is 17.5 Å². The lowest BCUT2D eigenvalue weighted by Gasteiger charge is -1.94. The van der Waals surface area contributed by atoms with E-state index in [9.17, 15) is 0 Å². The molecule has 0 aliphatic heterocycles. The number of ether oxygens (including phenoxy) is 1. The van der Waals surface area contributed by atoms with Gasteiger partial charge in [0.25, 0.3) is 0 Å². The van der Waals surface area contributed by atoms with Crippen LogP contribution in [-0.2, 0) is 17.1 Å². The zero-order valence-corrected chi connectivity index (χ0v) is 9.05. The van der Waals surface area contributed by atoms with Crippen molar-refractivity contribution in [2.45, 2.75) is 18.8 Å². The first-order valence-electron chi connectivity index (χ1n) is 4.49. The lowest BCUT2D eigenvalue weighted by molar-refractivity contribution is 0.156. The van der Waals surface area contributed by atoms with Gasteiger partial charge in [-0.2, -0.15) is 11.8 Å². The molecule has 5 heteroatoms. The van der Waals surface area contributed by atoms with Crippen molar-refractivity contribution in [1.29, 1.82) is 0 Å². The van der Waals surface area contributed by atoms with Crippen molar-refractivity contribution < 1.29 is 14.4 Å². The molecule has 0 aliphatic carbocycles. The van der Waals surface area contributed by atoms with E-state index in [0.717, 1.165) is 29.4 Å². The van der Waals surface area contributed by atoms with Crippen LogP contribution in [0.15, 0.2) is 10.6 Å². The summed E-state index contributed by atoms with van der Waals surface area (Å²) in [5, 5.41) is 12.5. The van der Waals surface area contributed by atoms with Gasteiger partial charge in [-0.15, -0.1) is 0 Å². The molecule has 1 aromatic rings. The Bertz CT molecular complexity index is 252. The van der Waals surface area contributed by atoms with Gasteiger partial charge < -0.3 is 14.4 Å². The van der Waals surface area contributed by atoms with Crippen LogP contribution in [0.1, 0.15) is 17.9 Å². The maximum Gasteiger partial charge on any atom is 0.162 e. The van der Waals surface area contributed by atoms with Crippen molar-refractivity contribution in [2.75, 3.05) is 19.5 Å². The summed E-state index contributed by atoms with van der Waals surface area (Å²) in [6.45, 7) is 0.717. The molecule has 0 saturated heterocycles. The van der Waals surface area contributed by atoms with Crippen molar-refractivity contribution in [2.24, 2.45) is 0 Å². The van der Waals surface area contributed by atoms with E-state index in [-0.39, 0.29) is 6.61 Å². The Morgan fingerprint density at radius 3 is 3.21 bits per heavy atom. The number of aliphatic hydroxyl groups is 1. The van der Waals surface area contributed by atoms with Gasteiger partial charge in [0, 0.05) is 25.5 Å². The summed E-state index contributed by atoms with van der Waals surface area (Å²) in [7, 11) is 1.62.